The minimum absolute atomic E-state index is 0.227. The second-order valence-electron chi connectivity index (χ2n) is 7.71. The van der Waals surface area contributed by atoms with Crippen LogP contribution in [-0.4, -0.2) is 32.5 Å². The highest BCUT2D eigenvalue weighted by Crippen LogP contribution is 2.24. The first-order valence-electron chi connectivity index (χ1n) is 11.5. The Bertz CT molecular complexity index is 1490. The van der Waals surface area contributed by atoms with Crippen LogP contribution in [0.2, 0.25) is 0 Å². The van der Waals surface area contributed by atoms with Crippen molar-refractivity contribution < 1.29 is 9.47 Å². The number of hydrogen-bond acceptors (Lipinski definition) is 6. The zero-order valence-corrected chi connectivity index (χ0v) is 19.5. The normalized spacial score (nSPS) is 10.9. The lowest BCUT2D eigenvalue weighted by atomic mass is 10.2. The molecule has 0 saturated carbocycles. The lowest BCUT2D eigenvalue weighted by molar-refractivity contribution is 0.340. The quantitative estimate of drug-likeness (QED) is 0.341. The van der Waals surface area contributed by atoms with Crippen LogP contribution in [0.5, 0.6) is 11.5 Å². The van der Waals surface area contributed by atoms with Crippen molar-refractivity contribution in [2.24, 2.45) is 0 Å². The molecule has 0 unspecified atom stereocenters. The summed E-state index contributed by atoms with van der Waals surface area (Å²) in [6, 6.07) is 24.5. The smallest absolute Gasteiger partial charge is 0.270 e. The highest BCUT2D eigenvalue weighted by atomic mass is 16.5. The van der Waals surface area contributed by atoms with Crippen LogP contribution < -0.4 is 20.3 Å². The summed E-state index contributed by atoms with van der Waals surface area (Å²) in [6.07, 6.45) is 1.56. The zero-order valence-electron chi connectivity index (χ0n) is 19.5. The Morgan fingerprint density at radius 1 is 0.800 bits per heavy atom. The van der Waals surface area contributed by atoms with Crippen molar-refractivity contribution in [1.29, 1.82) is 0 Å². The van der Waals surface area contributed by atoms with E-state index < -0.39 is 0 Å². The van der Waals surface area contributed by atoms with E-state index in [9.17, 15) is 4.79 Å². The minimum Gasteiger partial charge on any atom is -0.494 e. The van der Waals surface area contributed by atoms with Gasteiger partial charge in [-0.05, 0) is 74.5 Å². The Morgan fingerprint density at radius 3 is 2.06 bits per heavy atom. The molecule has 0 aliphatic heterocycles. The van der Waals surface area contributed by atoms with Crippen molar-refractivity contribution in [1.82, 2.24) is 19.3 Å². The van der Waals surface area contributed by atoms with Gasteiger partial charge in [-0.2, -0.15) is 10.1 Å². The number of aromatic nitrogens is 4. The molecule has 0 saturated heterocycles. The molecule has 2 heterocycles. The van der Waals surface area contributed by atoms with Gasteiger partial charge in [0.05, 0.1) is 30.8 Å². The monoisotopic (exact) mass is 467 g/mol. The highest BCUT2D eigenvalue weighted by Gasteiger charge is 2.18. The van der Waals surface area contributed by atoms with Crippen LogP contribution in [0.15, 0.2) is 89.9 Å². The van der Waals surface area contributed by atoms with Crippen LogP contribution in [-0.2, 0) is 0 Å². The number of nitrogens with zero attached hydrogens (tertiary/aromatic N) is 4. The molecule has 0 spiro atoms. The molecule has 35 heavy (non-hydrogen) atoms. The maximum absolute atomic E-state index is 13.7. The predicted octanol–water partition coefficient (Wildman–Crippen LogP) is 5.11. The van der Waals surface area contributed by atoms with Crippen LogP contribution in [0, 0.1) is 0 Å². The minimum atomic E-state index is -0.227. The van der Waals surface area contributed by atoms with Gasteiger partial charge in [-0.25, -0.2) is 9.25 Å². The fourth-order valence-electron chi connectivity index (χ4n) is 3.84. The Kier molecular flexibility index (Phi) is 6.17. The van der Waals surface area contributed by atoms with Crippen molar-refractivity contribution >= 4 is 22.7 Å². The number of benzene rings is 3. The van der Waals surface area contributed by atoms with Crippen molar-refractivity contribution in [2.75, 3.05) is 18.5 Å². The second-order valence-corrected chi connectivity index (χ2v) is 7.71. The largest absolute Gasteiger partial charge is 0.494 e. The molecular formula is C27H25N5O3. The van der Waals surface area contributed by atoms with Gasteiger partial charge >= 0.3 is 0 Å². The Labute approximate surface area is 202 Å². The Balaban J connectivity index is 1.66. The number of ether oxygens (including phenoxy) is 2. The molecule has 176 valence electrons. The van der Waals surface area contributed by atoms with Crippen molar-refractivity contribution in [2.45, 2.75) is 13.8 Å². The predicted molar refractivity (Wildman–Crippen MR) is 137 cm³/mol. The molecule has 0 bridgehead atoms. The molecule has 8 nitrogen and oxygen atoms in total. The first kappa shape index (κ1) is 22.2. The molecule has 0 aliphatic rings. The van der Waals surface area contributed by atoms with Crippen LogP contribution in [0.3, 0.4) is 0 Å². The summed E-state index contributed by atoms with van der Waals surface area (Å²) in [4.78, 5) is 18.6. The lowest BCUT2D eigenvalue weighted by Crippen LogP contribution is -2.23. The molecular weight excluding hydrogens is 442 g/mol. The standard InChI is InChI=1S/C27H25N5O3/c1-3-34-22-14-10-19(11-15-22)29-27-30-25-24(18-28-32(25)21-8-6-5-7-9-21)26(33)31(27)20-12-16-23(17-13-20)35-4-2/h5-18H,3-4H2,1-2H3,(H,29,30). The molecule has 0 radical (unpaired) electrons. The van der Waals surface area contributed by atoms with E-state index in [0.717, 1.165) is 22.9 Å². The molecule has 5 rings (SSSR count). The summed E-state index contributed by atoms with van der Waals surface area (Å²) in [6.45, 7) is 5.03. The maximum atomic E-state index is 13.7. The van der Waals surface area contributed by atoms with Crippen LogP contribution in [0.25, 0.3) is 22.4 Å². The van der Waals surface area contributed by atoms with Gasteiger partial charge in [-0.1, -0.05) is 18.2 Å². The van der Waals surface area contributed by atoms with Crippen LogP contribution >= 0.6 is 0 Å². The van der Waals surface area contributed by atoms with E-state index in [-0.39, 0.29) is 5.56 Å². The van der Waals surface area contributed by atoms with Crippen molar-refractivity contribution in [3.05, 3.63) is 95.4 Å². The third kappa shape index (κ3) is 4.46. The van der Waals surface area contributed by atoms with E-state index in [4.69, 9.17) is 14.5 Å². The number of anilines is 2. The first-order chi connectivity index (χ1) is 17.2. The topological polar surface area (TPSA) is 83.2 Å². The van der Waals surface area contributed by atoms with Crippen LogP contribution in [0.4, 0.5) is 11.6 Å². The fraction of sp³-hybridized carbons (Fsp3) is 0.148. The van der Waals surface area contributed by atoms with Gasteiger partial charge in [0, 0.05) is 5.69 Å². The highest BCUT2D eigenvalue weighted by molar-refractivity contribution is 5.78. The average Bonchev–Trinajstić information content (AvgIpc) is 3.31. The van der Waals surface area contributed by atoms with Crippen LogP contribution in [0.1, 0.15) is 13.8 Å². The van der Waals surface area contributed by atoms with Gasteiger partial charge in [-0.3, -0.25) is 4.79 Å². The van der Waals surface area contributed by atoms with Gasteiger partial charge in [0.25, 0.3) is 5.56 Å². The van der Waals surface area contributed by atoms with Gasteiger partial charge in [0.15, 0.2) is 5.65 Å². The second kappa shape index (κ2) is 9.72. The van der Waals surface area contributed by atoms with Crippen molar-refractivity contribution in [3.8, 4) is 22.9 Å². The average molecular weight is 468 g/mol. The maximum Gasteiger partial charge on any atom is 0.270 e. The summed E-state index contributed by atoms with van der Waals surface area (Å²) in [5, 5.41) is 8.18. The van der Waals surface area contributed by atoms with E-state index in [2.05, 4.69) is 10.4 Å². The number of rotatable bonds is 8. The van der Waals surface area contributed by atoms with E-state index in [1.54, 1.807) is 15.4 Å². The van der Waals surface area contributed by atoms with Gasteiger partial charge in [0.2, 0.25) is 5.95 Å². The summed E-state index contributed by atoms with van der Waals surface area (Å²) in [5.74, 6) is 1.87. The SMILES string of the molecule is CCOc1ccc(Nc2nc3c(cnn3-c3ccccc3)c(=O)n2-c2ccc(OCC)cc2)cc1. The molecule has 0 fully saturated rings. The summed E-state index contributed by atoms with van der Waals surface area (Å²) in [7, 11) is 0. The van der Waals surface area contributed by atoms with Gasteiger partial charge in [-0.15, -0.1) is 0 Å². The molecule has 0 atom stereocenters. The molecule has 8 heteroatoms. The third-order valence-corrected chi connectivity index (χ3v) is 5.43. The molecule has 0 aliphatic carbocycles. The molecule has 5 aromatic rings. The Hall–Kier alpha value is -4.59. The fourth-order valence-corrected chi connectivity index (χ4v) is 3.84. The summed E-state index contributed by atoms with van der Waals surface area (Å²) < 4.78 is 14.3. The molecule has 3 aromatic carbocycles. The molecule has 2 aromatic heterocycles. The number of nitrogens with one attached hydrogen (secondary N) is 1. The zero-order chi connectivity index (χ0) is 24.2. The van der Waals surface area contributed by atoms with E-state index in [1.165, 1.54) is 0 Å². The Morgan fingerprint density at radius 2 is 1.43 bits per heavy atom. The van der Waals surface area contributed by atoms with Gasteiger partial charge in [0.1, 0.15) is 16.9 Å². The summed E-state index contributed by atoms with van der Waals surface area (Å²) in [5.41, 5.74) is 2.49. The third-order valence-electron chi connectivity index (χ3n) is 5.43. The first-order valence-corrected chi connectivity index (χ1v) is 11.5. The number of para-hydroxylation sites is 1. The molecule has 0 amide bonds. The van der Waals surface area contributed by atoms with E-state index in [1.807, 2.05) is 92.7 Å². The number of hydrogen-bond donors (Lipinski definition) is 1. The van der Waals surface area contributed by atoms with E-state index >= 15 is 0 Å². The number of fused-ring (bicyclic) bond motifs is 1. The van der Waals surface area contributed by atoms with Gasteiger partial charge < -0.3 is 14.8 Å². The lowest BCUT2D eigenvalue weighted by Gasteiger charge is -2.15. The molecule has 1 N–H and O–H groups in total. The summed E-state index contributed by atoms with van der Waals surface area (Å²) >= 11 is 0. The van der Waals surface area contributed by atoms with E-state index in [0.29, 0.717) is 35.9 Å². The van der Waals surface area contributed by atoms with Crippen molar-refractivity contribution in [3.63, 3.8) is 0 Å².